The van der Waals surface area contributed by atoms with E-state index in [0.29, 0.717) is 0 Å². The van der Waals surface area contributed by atoms with Gasteiger partial charge in [0.05, 0.1) is 11.4 Å². The van der Waals surface area contributed by atoms with Crippen molar-refractivity contribution in [1.82, 2.24) is 0 Å². The normalized spacial score (nSPS) is 15.1. The molecule has 0 bridgehead atoms. The van der Waals surface area contributed by atoms with E-state index in [-0.39, 0.29) is 10.8 Å². The van der Waals surface area contributed by atoms with E-state index in [4.69, 9.17) is 0 Å². The van der Waals surface area contributed by atoms with Crippen molar-refractivity contribution in [3.05, 3.63) is 270 Å². The molecule has 0 saturated heterocycles. The van der Waals surface area contributed by atoms with Gasteiger partial charge in [0.15, 0.2) is 0 Å². The zero-order valence-electron chi connectivity index (χ0n) is 37.5. The first-order valence-electron chi connectivity index (χ1n) is 23.2. The lowest BCUT2D eigenvalue weighted by molar-refractivity contribution is 0.662. The molecule has 1 unspecified atom stereocenters. The van der Waals surface area contributed by atoms with Crippen molar-refractivity contribution in [2.24, 2.45) is 0 Å². The van der Waals surface area contributed by atoms with Crippen molar-refractivity contribution in [3.8, 4) is 66.8 Å². The SMILES string of the molecule is CC1(C)c2ccccc2-c2cccc(-c3ccccc3N(c3ccc(-c4ccc5c(c4)C(C)(c4ccccc4)c4ccccc4-5)cc3)c3ccccc3-c3ccc(-c4ccccc4)cc3)c21. The number of hydrogen-bond acceptors (Lipinski definition) is 1. The van der Waals surface area contributed by atoms with Crippen LogP contribution in [0.5, 0.6) is 0 Å². The Morgan fingerprint density at radius 3 is 1.42 bits per heavy atom. The van der Waals surface area contributed by atoms with Crippen LogP contribution in [0.2, 0.25) is 0 Å². The second kappa shape index (κ2) is 15.6. The molecule has 10 aromatic carbocycles. The molecular formula is C65H49N. The van der Waals surface area contributed by atoms with E-state index < -0.39 is 0 Å². The van der Waals surface area contributed by atoms with E-state index in [0.717, 1.165) is 17.1 Å². The quantitative estimate of drug-likeness (QED) is 0.147. The summed E-state index contributed by atoms with van der Waals surface area (Å²) in [6, 6.07) is 89.6. The lowest BCUT2D eigenvalue weighted by Gasteiger charge is -2.31. The molecule has 0 radical (unpaired) electrons. The van der Waals surface area contributed by atoms with E-state index in [1.54, 1.807) is 0 Å². The third kappa shape index (κ3) is 6.22. The molecule has 314 valence electrons. The van der Waals surface area contributed by atoms with Gasteiger partial charge in [0.2, 0.25) is 0 Å². The highest BCUT2D eigenvalue weighted by atomic mass is 15.1. The minimum atomic E-state index is -0.264. The molecule has 0 aromatic heterocycles. The maximum atomic E-state index is 2.49. The van der Waals surface area contributed by atoms with Gasteiger partial charge in [0, 0.05) is 27.6 Å². The van der Waals surface area contributed by atoms with Crippen molar-refractivity contribution in [3.63, 3.8) is 0 Å². The summed E-state index contributed by atoms with van der Waals surface area (Å²) < 4.78 is 0. The van der Waals surface area contributed by atoms with Gasteiger partial charge in [-0.25, -0.2) is 0 Å². The molecular weight excluding hydrogens is 795 g/mol. The molecule has 1 nitrogen and oxygen atoms in total. The summed E-state index contributed by atoms with van der Waals surface area (Å²) in [5.41, 5.74) is 24.6. The summed E-state index contributed by atoms with van der Waals surface area (Å²) in [5.74, 6) is 0. The fourth-order valence-corrected chi connectivity index (χ4v) is 11.3. The number of hydrogen-bond donors (Lipinski definition) is 0. The standard InChI is InChI=1S/C65H49N/c1-64(2)58-29-14-10-25-53(58)56-27-18-28-57(63(56)64)55-26-13-17-32-62(55)66(61-31-16-12-23-51(61)47-35-33-45(34-36-47)44-19-6-4-7-20-44)50-40-37-46(38-41-50)48-39-42-54-52-24-11-15-30-59(52)65(3,60(54)43-48)49-21-8-5-9-22-49/h4-43H,1-3H3. The third-order valence-electron chi connectivity index (χ3n) is 14.6. The van der Waals surface area contributed by atoms with Gasteiger partial charge >= 0.3 is 0 Å². The van der Waals surface area contributed by atoms with E-state index >= 15 is 0 Å². The average Bonchev–Trinajstić information content (AvgIpc) is 3.79. The van der Waals surface area contributed by atoms with Gasteiger partial charge < -0.3 is 4.90 Å². The zero-order chi connectivity index (χ0) is 44.4. The largest absolute Gasteiger partial charge is 0.309 e. The Morgan fingerprint density at radius 1 is 0.288 bits per heavy atom. The fraction of sp³-hybridized carbons (Fsp3) is 0.0769. The number of nitrogens with zero attached hydrogens (tertiary/aromatic N) is 1. The highest BCUT2D eigenvalue weighted by molar-refractivity contribution is 5.97. The van der Waals surface area contributed by atoms with Crippen LogP contribution in [-0.2, 0) is 10.8 Å². The summed E-state index contributed by atoms with van der Waals surface area (Å²) in [7, 11) is 0. The predicted molar refractivity (Wildman–Crippen MR) is 278 cm³/mol. The van der Waals surface area contributed by atoms with Crippen LogP contribution in [0.25, 0.3) is 66.8 Å². The van der Waals surface area contributed by atoms with Crippen molar-refractivity contribution < 1.29 is 0 Å². The van der Waals surface area contributed by atoms with Gasteiger partial charge in [-0.2, -0.15) is 0 Å². The first kappa shape index (κ1) is 39.6. The molecule has 0 fully saturated rings. The molecule has 0 spiro atoms. The lowest BCUT2D eigenvalue weighted by Crippen LogP contribution is -2.22. The van der Waals surface area contributed by atoms with Crippen molar-refractivity contribution in [2.45, 2.75) is 31.6 Å². The van der Waals surface area contributed by atoms with E-state index in [2.05, 4.69) is 268 Å². The number of anilines is 3. The van der Waals surface area contributed by atoms with Crippen LogP contribution >= 0.6 is 0 Å². The third-order valence-corrected chi connectivity index (χ3v) is 14.6. The Balaban J connectivity index is 1.01. The Labute approximate surface area is 389 Å². The fourth-order valence-electron chi connectivity index (χ4n) is 11.3. The number of benzene rings is 10. The lowest BCUT2D eigenvalue weighted by atomic mass is 9.74. The zero-order valence-corrected chi connectivity index (χ0v) is 37.5. The van der Waals surface area contributed by atoms with Crippen molar-refractivity contribution in [2.75, 3.05) is 4.90 Å². The molecule has 0 amide bonds. The second-order valence-electron chi connectivity index (χ2n) is 18.6. The Kier molecular flexibility index (Phi) is 9.36. The first-order valence-corrected chi connectivity index (χ1v) is 23.2. The maximum Gasteiger partial charge on any atom is 0.0540 e. The minimum Gasteiger partial charge on any atom is -0.309 e. The van der Waals surface area contributed by atoms with Gasteiger partial charge in [-0.1, -0.05) is 226 Å². The van der Waals surface area contributed by atoms with Crippen LogP contribution in [0.3, 0.4) is 0 Å². The van der Waals surface area contributed by atoms with Crippen LogP contribution in [0.4, 0.5) is 17.1 Å². The Morgan fingerprint density at radius 2 is 0.727 bits per heavy atom. The molecule has 12 rings (SSSR count). The van der Waals surface area contributed by atoms with Crippen LogP contribution in [0.15, 0.2) is 243 Å². The Hall–Kier alpha value is -8.00. The van der Waals surface area contributed by atoms with Crippen LogP contribution < -0.4 is 4.90 Å². The van der Waals surface area contributed by atoms with E-state index in [1.165, 1.54) is 94.6 Å². The number of rotatable bonds is 8. The van der Waals surface area contributed by atoms with E-state index in [9.17, 15) is 0 Å². The molecule has 0 heterocycles. The molecule has 0 N–H and O–H groups in total. The maximum absolute atomic E-state index is 2.49. The molecule has 1 atom stereocenters. The van der Waals surface area contributed by atoms with Crippen molar-refractivity contribution in [1.29, 1.82) is 0 Å². The molecule has 66 heavy (non-hydrogen) atoms. The summed E-state index contributed by atoms with van der Waals surface area (Å²) in [5, 5.41) is 0. The summed E-state index contributed by atoms with van der Waals surface area (Å²) in [4.78, 5) is 2.49. The molecule has 2 aliphatic carbocycles. The van der Waals surface area contributed by atoms with Gasteiger partial charge in [0.1, 0.15) is 0 Å². The summed E-state index contributed by atoms with van der Waals surface area (Å²) in [6.07, 6.45) is 0. The Bertz CT molecular complexity index is 3430. The highest BCUT2D eigenvalue weighted by Crippen LogP contribution is 2.55. The average molecular weight is 844 g/mol. The van der Waals surface area contributed by atoms with Crippen LogP contribution in [0, 0.1) is 0 Å². The molecule has 0 aliphatic heterocycles. The molecule has 2 aliphatic rings. The summed E-state index contributed by atoms with van der Waals surface area (Å²) in [6.45, 7) is 7.16. The molecule has 0 saturated carbocycles. The number of fused-ring (bicyclic) bond motifs is 6. The van der Waals surface area contributed by atoms with E-state index in [1.807, 2.05) is 0 Å². The minimum absolute atomic E-state index is 0.172. The smallest absolute Gasteiger partial charge is 0.0540 e. The summed E-state index contributed by atoms with van der Waals surface area (Å²) >= 11 is 0. The highest BCUT2D eigenvalue weighted by Gasteiger charge is 2.41. The van der Waals surface area contributed by atoms with Gasteiger partial charge in [-0.15, -0.1) is 0 Å². The molecule has 10 aromatic rings. The first-order chi connectivity index (χ1) is 32.4. The van der Waals surface area contributed by atoms with Gasteiger partial charge in [-0.05, 0) is 121 Å². The number of para-hydroxylation sites is 2. The predicted octanol–water partition coefficient (Wildman–Crippen LogP) is 17.5. The molecule has 1 heteroatoms. The van der Waals surface area contributed by atoms with Gasteiger partial charge in [0.25, 0.3) is 0 Å². The van der Waals surface area contributed by atoms with Crippen molar-refractivity contribution >= 4 is 17.1 Å². The van der Waals surface area contributed by atoms with Gasteiger partial charge in [-0.3, -0.25) is 0 Å². The topological polar surface area (TPSA) is 3.24 Å². The second-order valence-corrected chi connectivity index (χ2v) is 18.6. The van der Waals surface area contributed by atoms with Crippen LogP contribution in [0.1, 0.15) is 48.6 Å². The monoisotopic (exact) mass is 843 g/mol. The van der Waals surface area contributed by atoms with Crippen LogP contribution in [-0.4, -0.2) is 0 Å².